The fourth-order valence-corrected chi connectivity index (χ4v) is 3.70. The van der Waals surface area contributed by atoms with Gasteiger partial charge in [-0.3, -0.25) is 0 Å². The summed E-state index contributed by atoms with van der Waals surface area (Å²) in [6.07, 6.45) is 8.49. The van der Waals surface area contributed by atoms with E-state index in [0.29, 0.717) is 18.7 Å². The predicted octanol–water partition coefficient (Wildman–Crippen LogP) is 2.90. The molecular weight excluding hydrogens is 230 g/mol. The molecule has 0 saturated heterocycles. The third-order valence-corrected chi connectivity index (χ3v) is 4.71. The summed E-state index contributed by atoms with van der Waals surface area (Å²) in [5.74, 6) is 2.71. The number of aliphatic hydroxyl groups excluding tert-OH is 1. The number of nitrogens with one attached hydrogen (secondary N) is 1. The zero-order valence-corrected chi connectivity index (χ0v) is 12.4. The first-order chi connectivity index (χ1) is 8.19. The largest absolute Gasteiger partial charge is 0.396 e. The topological polar surface area (TPSA) is 32.3 Å². The number of rotatable bonds is 7. The van der Waals surface area contributed by atoms with Gasteiger partial charge in [0.2, 0.25) is 0 Å². The molecule has 2 N–H and O–H groups in total. The standard InChI is InChI=1S/C14H29NOS/c1-11(2)13-6-4-5-7-14(13)15-12(8-9-16)10-17-3/h11-16H,4-10H2,1-3H3. The summed E-state index contributed by atoms with van der Waals surface area (Å²) in [5.41, 5.74) is 0. The van der Waals surface area contributed by atoms with Gasteiger partial charge in [0.25, 0.3) is 0 Å². The molecule has 1 fully saturated rings. The predicted molar refractivity (Wildman–Crippen MR) is 77.6 cm³/mol. The van der Waals surface area contributed by atoms with Gasteiger partial charge in [0.05, 0.1) is 0 Å². The first-order valence-corrected chi connectivity index (χ1v) is 8.44. The molecule has 2 nitrogen and oxygen atoms in total. The smallest absolute Gasteiger partial charge is 0.0446 e. The van der Waals surface area contributed by atoms with Crippen molar-refractivity contribution in [2.75, 3.05) is 18.6 Å². The van der Waals surface area contributed by atoms with E-state index in [1.165, 1.54) is 25.7 Å². The molecule has 0 amide bonds. The Hall–Kier alpha value is 0.270. The summed E-state index contributed by atoms with van der Waals surface area (Å²) in [7, 11) is 0. The van der Waals surface area contributed by atoms with Crippen LogP contribution in [0, 0.1) is 11.8 Å². The molecule has 0 aliphatic heterocycles. The molecule has 1 aliphatic carbocycles. The molecule has 0 radical (unpaired) electrons. The van der Waals surface area contributed by atoms with Crippen LogP contribution in [-0.2, 0) is 0 Å². The van der Waals surface area contributed by atoms with E-state index in [1.807, 2.05) is 11.8 Å². The maximum atomic E-state index is 9.12. The first-order valence-electron chi connectivity index (χ1n) is 7.04. The summed E-state index contributed by atoms with van der Waals surface area (Å²) in [6, 6.07) is 1.16. The van der Waals surface area contributed by atoms with E-state index < -0.39 is 0 Å². The van der Waals surface area contributed by atoms with Crippen molar-refractivity contribution >= 4 is 11.8 Å². The second kappa shape index (κ2) is 8.39. The van der Waals surface area contributed by atoms with E-state index >= 15 is 0 Å². The van der Waals surface area contributed by atoms with Gasteiger partial charge in [0, 0.05) is 24.4 Å². The average Bonchev–Trinajstić information content (AvgIpc) is 2.30. The normalized spacial score (nSPS) is 27.4. The third kappa shape index (κ3) is 5.19. The minimum atomic E-state index is 0.303. The van der Waals surface area contributed by atoms with Crippen LogP contribution >= 0.6 is 11.8 Å². The molecule has 1 aliphatic rings. The lowest BCUT2D eigenvalue weighted by molar-refractivity contribution is 0.184. The molecule has 17 heavy (non-hydrogen) atoms. The second-order valence-electron chi connectivity index (χ2n) is 5.63. The summed E-state index contributed by atoms with van der Waals surface area (Å²) in [5, 5.41) is 12.9. The Morgan fingerprint density at radius 1 is 1.29 bits per heavy atom. The summed E-state index contributed by atoms with van der Waals surface area (Å²) in [4.78, 5) is 0. The summed E-state index contributed by atoms with van der Waals surface area (Å²) < 4.78 is 0. The quantitative estimate of drug-likeness (QED) is 0.737. The van der Waals surface area contributed by atoms with Crippen molar-refractivity contribution in [3.05, 3.63) is 0 Å². The molecule has 0 spiro atoms. The van der Waals surface area contributed by atoms with Crippen molar-refractivity contribution in [1.29, 1.82) is 0 Å². The molecule has 3 unspecified atom stereocenters. The molecular formula is C14H29NOS. The highest BCUT2D eigenvalue weighted by molar-refractivity contribution is 7.98. The van der Waals surface area contributed by atoms with Crippen molar-refractivity contribution in [1.82, 2.24) is 5.32 Å². The van der Waals surface area contributed by atoms with E-state index in [9.17, 15) is 0 Å². The van der Waals surface area contributed by atoms with Crippen LogP contribution in [0.25, 0.3) is 0 Å². The Kier molecular flexibility index (Phi) is 7.56. The number of hydrogen-bond donors (Lipinski definition) is 2. The second-order valence-corrected chi connectivity index (χ2v) is 6.54. The van der Waals surface area contributed by atoms with Crippen molar-refractivity contribution in [3.8, 4) is 0 Å². The zero-order valence-electron chi connectivity index (χ0n) is 11.6. The monoisotopic (exact) mass is 259 g/mol. The van der Waals surface area contributed by atoms with Crippen LogP contribution in [0.1, 0.15) is 46.0 Å². The number of hydrogen-bond acceptors (Lipinski definition) is 3. The lowest BCUT2D eigenvalue weighted by atomic mass is 9.77. The minimum absolute atomic E-state index is 0.303. The van der Waals surface area contributed by atoms with Crippen molar-refractivity contribution in [2.24, 2.45) is 11.8 Å². The van der Waals surface area contributed by atoms with Crippen LogP contribution in [0.3, 0.4) is 0 Å². The van der Waals surface area contributed by atoms with E-state index in [1.54, 1.807) is 0 Å². The van der Waals surface area contributed by atoms with E-state index in [4.69, 9.17) is 5.11 Å². The van der Waals surface area contributed by atoms with Gasteiger partial charge in [-0.2, -0.15) is 11.8 Å². The van der Waals surface area contributed by atoms with Crippen LogP contribution in [0.15, 0.2) is 0 Å². The van der Waals surface area contributed by atoms with E-state index in [0.717, 1.165) is 24.0 Å². The molecule has 0 bridgehead atoms. The lowest BCUT2D eigenvalue weighted by Crippen LogP contribution is -2.47. The highest BCUT2D eigenvalue weighted by atomic mass is 32.2. The molecule has 0 heterocycles. The van der Waals surface area contributed by atoms with Gasteiger partial charge in [-0.1, -0.05) is 26.7 Å². The van der Waals surface area contributed by atoms with Crippen molar-refractivity contribution < 1.29 is 5.11 Å². The highest BCUT2D eigenvalue weighted by Crippen LogP contribution is 2.30. The van der Waals surface area contributed by atoms with Gasteiger partial charge >= 0.3 is 0 Å². The Labute approximate surface area is 111 Å². The number of thioether (sulfide) groups is 1. The summed E-state index contributed by atoms with van der Waals surface area (Å²) in [6.45, 7) is 5.00. The molecule has 0 aromatic rings. The van der Waals surface area contributed by atoms with E-state index in [2.05, 4.69) is 25.4 Å². The molecule has 0 aromatic heterocycles. The molecule has 102 valence electrons. The van der Waals surface area contributed by atoms with Crippen LogP contribution in [0.5, 0.6) is 0 Å². The zero-order chi connectivity index (χ0) is 12.7. The third-order valence-electron chi connectivity index (χ3n) is 3.97. The number of aliphatic hydroxyl groups is 1. The van der Waals surface area contributed by atoms with Gasteiger partial charge in [-0.25, -0.2) is 0 Å². The SMILES string of the molecule is CSCC(CCO)NC1CCCCC1C(C)C. The van der Waals surface area contributed by atoms with E-state index in [-0.39, 0.29) is 0 Å². The lowest BCUT2D eigenvalue weighted by Gasteiger charge is -2.37. The van der Waals surface area contributed by atoms with Crippen LogP contribution in [-0.4, -0.2) is 35.8 Å². The van der Waals surface area contributed by atoms with Crippen molar-refractivity contribution in [2.45, 2.75) is 58.0 Å². The molecule has 1 rings (SSSR count). The van der Waals surface area contributed by atoms with Crippen LogP contribution in [0.2, 0.25) is 0 Å². The van der Waals surface area contributed by atoms with Gasteiger partial charge in [-0.05, 0) is 37.4 Å². The molecule has 3 atom stereocenters. The Bertz CT molecular complexity index is 193. The minimum Gasteiger partial charge on any atom is -0.396 e. The fraction of sp³-hybridized carbons (Fsp3) is 1.00. The highest BCUT2D eigenvalue weighted by Gasteiger charge is 2.28. The molecule has 1 saturated carbocycles. The van der Waals surface area contributed by atoms with Gasteiger partial charge in [0.15, 0.2) is 0 Å². The van der Waals surface area contributed by atoms with Gasteiger partial charge in [-0.15, -0.1) is 0 Å². The van der Waals surface area contributed by atoms with Crippen molar-refractivity contribution in [3.63, 3.8) is 0 Å². The van der Waals surface area contributed by atoms with Gasteiger partial charge < -0.3 is 10.4 Å². The molecule has 0 aromatic carbocycles. The fourth-order valence-electron chi connectivity index (χ4n) is 3.04. The van der Waals surface area contributed by atoms with Crippen LogP contribution < -0.4 is 5.32 Å². The Morgan fingerprint density at radius 2 is 2.00 bits per heavy atom. The summed E-state index contributed by atoms with van der Waals surface area (Å²) >= 11 is 1.87. The maximum Gasteiger partial charge on any atom is 0.0446 e. The molecule has 3 heteroatoms. The van der Waals surface area contributed by atoms with Crippen LogP contribution in [0.4, 0.5) is 0 Å². The Balaban J connectivity index is 2.49. The van der Waals surface area contributed by atoms with Gasteiger partial charge in [0.1, 0.15) is 0 Å². The Morgan fingerprint density at radius 3 is 2.59 bits per heavy atom. The maximum absolute atomic E-state index is 9.12. The first kappa shape index (κ1) is 15.3. The average molecular weight is 259 g/mol.